The smallest absolute Gasteiger partial charge is 0.271 e. The molecule has 0 aliphatic carbocycles. The van der Waals surface area contributed by atoms with Crippen molar-refractivity contribution < 1.29 is 14.4 Å². The van der Waals surface area contributed by atoms with Crippen LogP contribution in [-0.4, -0.2) is 40.7 Å². The van der Waals surface area contributed by atoms with Crippen molar-refractivity contribution in [3.63, 3.8) is 0 Å². The van der Waals surface area contributed by atoms with E-state index < -0.39 is 5.91 Å². The maximum atomic E-state index is 12.6. The topological polar surface area (TPSA) is 91.4 Å². The van der Waals surface area contributed by atoms with E-state index in [4.69, 9.17) is 0 Å². The fraction of sp³-hybridized carbons (Fsp3) is 0.300. The second-order valence-corrected chi connectivity index (χ2v) is 6.57. The summed E-state index contributed by atoms with van der Waals surface area (Å²) in [5.41, 5.74) is 6.88. The Bertz CT molecular complexity index is 830. The minimum atomic E-state index is -0.413. The molecule has 0 bridgehead atoms. The molecule has 0 saturated carbocycles. The average molecular weight is 366 g/mol. The predicted octanol–water partition coefficient (Wildman–Crippen LogP) is 1.70. The minimum Gasteiger partial charge on any atom is -0.339 e. The third-order valence-electron chi connectivity index (χ3n) is 4.75. The summed E-state index contributed by atoms with van der Waals surface area (Å²) in [6.45, 7) is 2.95. The number of benzene rings is 1. The highest BCUT2D eigenvalue weighted by molar-refractivity contribution is 5.96. The number of hydrogen-bond acceptors (Lipinski definition) is 4. The molecule has 1 aromatic heterocycles. The number of aryl methyl sites for hydroxylation is 1. The highest BCUT2D eigenvalue weighted by Crippen LogP contribution is 2.20. The summed E-state index contributed by atoms with van der Waals surface area (Å²) in [4.78, 5) is 42.5. The van der Waals surface area contributed by atoms with Gasteiger partial charge in [-0.15, -0.1) is 0 Å². The van der Waals surface area contributed by atoms with Crippen LogP contribution in [0, 0.1) is 12.8 Å². The standard InChI is InChI=1S/C20H22N4O3/c1-14-5-2-3-7-17(14)20(27)24-11-8-15(9-12-24)18(25)22-23-19(26)16-6-4-10-21-13-16/h2-7,10,13,15H,8-9,11-12H2,1H3,(H,22,25)(H,23,26). The molecule has 1 aliphatic rings. The molecule has 7 heteroatoms. The molecule has 3 rings (SSSR count). The van der Waals surface area contributed by atoms with Crippen LogP contribution in [0.4, 0.5) is 0 Å². The molecule has 1 aliphatic heterocycles. The van der Waals surface area contributed by atoms with Gasteiger partial charge in [0.2, 0.25) is 5.91 Å². The SMILES string of the molecule is Cc1ccccc1C(=O)N1CCC(C(=O)NNC(=O)c2cccnc2)CC1. The molecule has 2 N–H and O–H groups in total. The maximum Gasteiger partial charge on any atom is 0.271 e. The second-order valence-electron chi connectivity index (χ2n) is 6.57. The van der Waals surface area contributed by atoms with Crippen LogP contribution < -0.4 is 10.9 Å². The minimum absolute atomic E-state index is 0.00293. The van der Waals surface area contributed by atoms with Crippen LogP contribution >= 0.6 is 0 Å². The summed E-state index contributed by atoms with van der Waals surface area (Å²) >= 11 is 0. The largest absolute Gasteiger partial charge is 0.339 e. The van der Waals surface area contributed by atoms with Gasteiger partial charge in [0.05, 0.1) is 5.56 Å². The molecule has 3 amide bonds. The normalized spacial score (nSPS) is 14.5. The number of nitrogens with zero attached hydrogens (tertiary/aromatic N) is 2. The summed E-state index contributed by atoms with van der Waals surface area (Å²) in [6.07, 6.45) is 4.12. The van der Waals surface area contributed by atoms with Gasteiger partial charge in [-0.05, 0) is 43.5 Å². The number of hydrogen-bond donors (Lipinski definition) is 2. The highest BCUT2D eigenvalue weighted by Gasteiger charge is 2.28. The third-order valence-corrected chi connectivity index (χ3v) is 4.75. The second kappa shape index (κ2) is 8.44. The van der Waals surface area contributed by atoms with E-state index in [1.807, 2.05) is 31.2 Å². The Morgan fingerprint density at radius 2 is 1.78 bits per heavy atom. The van der Waals surface area contributed by atoms with Crippen molar-refractivity contribution in [3.05, 3.63) is 65.5 Å². The lowest BCUT2D eigenvalue weighted by atomic mass is 9.95. The molecule has 27 heavy (non-hydrogen) atoms. The fourth-order valence-corrected chi connectivity index (χ4v) is 3.12. The van der Waals surface area contributed by atoms with Crippen molar-refractivity contribution in [1.29, 1.82) is 0 Å². The molecule has 2 heterocycles. The Morgan fingerprint density at radius 1 is 1.04 bits per heavy atom. The molecule has 0 unspecified atom stereocenters. The first-order valence-corrected chi connectivity index (χ1v) is 8.91. The van der Waals surface area contributed by atoms with E-state index in [2.05, 4.69) is 15.8 Å². The van der Waals surface area contributed by atoms with E-state index in [9.17, 15) is 14.4 Å². The Balaban J connectivity index is 1.49. The van der Waals surface area contributed by atoms with E-state index in [1.54, 1.807) is 23.2 Å². The molecule has 1 aromatic carbocycles. The number of piperidine rings is 1. The zero-order chi connectivity index (χ0) is 19.2. The monoisotopic (exact) mass is 366 g/mol. The van der Waals surface area contributed by atoms with E-state index in [0.717, 1.165) is 5.56 Å². The Hall–Kier alpha value is -3.22. The zero-order valence-electron chi connectivity index (χ0n) is 15.1. The number of amides is 3. The van der Waals surface area contributed by atoms with Crippen molar-refractivity contribution in [2.45, 2.75) is 19.8 Å². The van der Waals surface area contributed by atoms with Crippen molar-refractivity contribution in [2.75, 3.05) is 13.1 Å². The van der Waals surface area contributed by atoms with Gasteiger partial charge in [-0.1, -0.05) is 18.2 Å². The summed E-state index contributed by atoms with van der Waals surface area (Å²) in [5.74, 6) is -0.893. The van der Waals surface area contributed by atoms with E-state index in [1.165, 1.54) is 6.20 Å². The molecule has 0 radical (unpaired) electrons. The Labute approximate surface area is 157 Å². The van der Waals surface area contributed by atoms with Gasteiger partial charge in [0.1, 0.15) is 0 Å². The predicted molar refractivity (Wildman–Crippen MR) is 99.7 cm³/mol. The van der Waals surface area contributed by atoms with Crippen LogP contribution in [0.1, 0.15) is 39.1 Å². The molecule has 7 nitrogen and oxygen atoms in total. The number of carbonyl (C=O) groups excluding carboxylic acids is 3. The molecular formula is C20H22N4O3. The van der Waals surface area contributed by atoms with Crippen LogP contribution in [0.25, 0.3) is 0 Å². The van der Waals surface area contributed by atoms with Gasteiger partial charge in [0, 0.05) is 37.0 Å². The number of pyridine rings is 1. The average Bonchev–Trinajstić information content (AvgIpc) is 2.72. The number of nitrogens with one attached hydrogen (secondary N) is 2. The van der Waals surface area contributed by atoms with E-state index in [0.29, 0.717) is 37.1 Å². The van der Waals surface area contributed by atoms with Gasteiger partial charge >= 0.3 is 0 Å². The molecule has 2 aromatic rings. The number of aromatic nitrogens is 1. The van der Waals surface area contributed by atoms with Crippen molar-refractivity contribution in [2.24, 2.45) is 5.92 Å². The lowest BCUT2D eigenvalue weighted by Gasteiger charge is -2.31. The van der Waals surface area contributed by atoms with Crippen LogP contribution in [0.5, 0.6) is 0 Å². The van der Waals surface area contributed by atoms with Gasteiger partial charge in [0.25, 0.3) is 11.8 Å². The molecule has 1 saturated heterocycles. The maximum absolute atomic E-state index is 12.6. The number of hydrazine groups is 1. The van der Waals surface area contributed by atoms with Crippen LogP contribution in [0.2, 0.25) is 0 Å². The number of carbonyl (C=O) groups is 3. The summed E-state index contributed by atoms with van der Waals surface area (Å²) in [6, 6.07) is 10.8. The van der Waals surface area contributed by atoms with Crippen molar-refractivity contribution in [3.8, 4) is 0 Å². The molecular weight excluding hydrogens is 344 g/mol. The molecule has 0 atom stereocenters. The summed E-state index contributed by atoms with van der Waals surface area (Å²) in [5, 5.41) is 0. The lowest BCUT2D eigenvalue weighted by Crippen LogP contribution is -2.48. The van der Waals surface area contributed by atoms with E-state index in [-0.39, 0.29) is 17.7 Å². The fourth-order valence-electron chi connectivity index (χ4n) is 3.12. The van der Waals surface area contributed by atoms with Crippen molar-refractivity contribution >= 4 is 17.7 Å². The Morgan fingerprint density at radius 3 is 2.44 bits per heavy atom. The molecule has 1 fully saturated rings. The number of likely N-dealkylation sites (tertiary alicyclic amines) is 1. The third kappa shape index (κ3) is 4.49. The van der Waals surface area contributed by atoms with Gasteiger partial charge in [-0.25, -0.2) is 0 Å². The molecule has 140 valence electrons. The first-order valence-electron chi connectivity index (χ1n) is 8.91. The van der Waals surface area contributed by atoms with E-state index >= 15 is 0 Å². The first kappa shape index (κ1) is 18.6. The van der Waals surface area contributed by atoms with Gasteiger partial charge in [0.15, 0.2) is 0 Å². The Kier molecular flexibility index (Phi) is 5.80. The van der Waals surface area contributed by atoms with Gasteiger partial charge < -0.3 is 4.90 Å². The first-order chi connectivity index (χ1) is 13.1. The lowest BCUT2D eigenvalue weighted by molar-refractivity contribution is -0.127. The van der Waals surface area contributed by atoms with Gasteiger partial charge in [-0.2, -0.15) is 0 Å². The van der Waals surface area contributed by atoms with Gasteiger partial charge in [-0.3, -0.25) is 30.2 Å². The molecule has 0 spiro atoms. The quantitative estimate of drug-likeness (QED) is 0.809. The highest BCUT2D eigenvalue weighted by atomic mass is 16.2. The summed E-state index contributed by atoms with van der Waals surface area (Å²) < 4.78 is 0. The number of rotatable bonds is 3. The van der Waals surface area contributed by atoms with Crippen LogP contribution in [0.3, 0.4) is 0 Å². The van der Waals surface area contributed by atoms with Crippen LogP contribution in [-0.2, 0) is 4.79 Å². The summed E-state index contributed by atoms with van der Waals surface area (Å²) in [7, 11) is 0. The zero-order valence-corrected chi connectivity index (χ0v) is 15.1. The van der Waals surface area contributed by atoms with Crippen LogP contribution in [0.15, 0.2) is 48.8 Å². The van der Waals surface area contributed by atoms with Crippen molar-refractivity contribution in [1.82, 2.24) is 20.7 Å².